The zero-order valence-electron chi connectivity index (χ0n) is 11.9. The zero-order valence-corrected chi connectivity index (χ0v) is 12.7. The lowest BCUT2D eigenvalue weighted by Crippen LogP contribution is -2.50. The highest BCUT2D eigenvalue weighted by atomic mass is 32.2. The van der Waals surface area contributed by atoms with Gasteiger partial charge in [0.25, 0.3) is 0 Å². The van der Waals surface area contributed by atoms with Crippen LogP contribution in [-0.2, 0) is 4.79 Å². The third kappa shape index (κ3) is 3.27. The first-order valence-corrected chi connectivity index (χ1v) is 9.10. The fraction of sp³-hybridized carbons (Fsp3) is 0.933. The number of likely N-dealkylation sites (tertiary alicyclic amines) is 1. The highest BCUT2D eigenvalue weighted by Crippen LogP contribution is 2.30. The standard InChI is InChI=1S/C15H26N2OS/c18-15(13-5-3-6-13)17-9-4-10-19-12-14(17)11-16-7-1-2-8-16/h13-14H,1-12H2. The largest absolute Gasteiger partial charge is 0.337 e. The molecule has 1 aliphatic carbocycles. The molecule has 108 valence electrons. The Balaban J connectivity index is 1.63. The van der Waals surface area contributed by atoms with Crippen molar-refractivity contribution in [1.29, 1.82) is 0 Å². The summed E-state index contributed by atoms with van der Waals surface area (Å²) in [7, 11) is 0. The number of rotatable bonds is 3. The molecule has 3 rings (SSSR count). The minimum Gasteiger partial charge on any atom is -0.337 e. The van der Waals surface area contributed by atoms with E-state index < -0.39 is 0 Å². The van der Waals surface area contributed by atoms with E-state index in [4.69, 9.17) is 0 Å². The van der Waals surface area contributed by atoms with Gasteiger partial charge in [-0.1, -0.05) is 6.42 Å². The van der Waals surface area contributed by atoms with E-state index >= 15 is 0 Å². The zero-order chi connectivity index (χ0) is 13.1. The van der Waals surface area contributed by atoms with E-state index in [1.54, 1.807) is 0 Å². The van der Waals surface area contributed by atoms with Gasteiger partial charge >= 0.3 is 0 Å². The van der Waals surface area contributed by atoms with Gasteiger partial charge in [-0.25, -0.2) is 0 Å². The molecule has 0 spiro atoms. The summed E-state index contributed by atoms with van der Waals surface area (Å²) in [5, 5.41) is 0. The maximum absolute atomic E-state index is 12.6. The number of amides is 1. The summed E-state index contributed by atoms with van der Waals surface area (Å²) < 4.78 is 0. The van der Waals surface area contributed by atoms with Gasteiger partial charge in [0, 0.05) is 24.8 Å². The van der Waals surface area contributed by atoms with Gasteiger partial charge in [-0.05, 0) is 50.9 Å². The van der Waals surface area contributed by atoms with Crippen LogP contribution in [0.15, 0.2) is 0 Å². The summed E-state index contributed by atoms with van der Waals surface area (Å²) in [6.45, 7) is 4.60. The normalized spacial score (nSPS) is 30.1. The van der Waals surface area contributed by atoms with Crippen molar-refractivity contribution in [2.45, 2.75) is 44.6 Å². The molecule has 0 aromatic rings. The number of thioether (sulfide) groups is 1. The first kappa shape index (κ1) is 13.7. The van der Waals surface area contributed by atoms with Crippen LogP contribution in [0.2, 0.25) is 0 Å². The molecule has 3 nitrogen and oxygen atoms in total. The lowest BCUT2D eigenvalue weighted by atomic mass is 9.84. The van der Waals surface area contributed by atoms with Gasteiger partial charge in [0.15, 0.2) is 0 Å². The summed E-state index contributed by atoms with van der Waals surface area (Å²) in [5.41, 5.74) is 0. The van der Waals surface area contributed by atoms with Crippen LogP contribution in [-0.4, -0.2) is 59.4 Å². The van der Waals surface area contributed by atoms with Crippen LogP contribution in [0.1, 0.15) is 38.5 Å². The highest BCUT2D eigenvalue weighted by molar-refractivity contribution is 7.99. The van der Waals surface area contributed by atoms with Crippen LogP contribution in [0.3, 0.4) is 0 Å². The number of hydrogen-bond donors (Lipinski definition) is 0. The fourth-order valence-electron chi connectivity index (χ4n) is 3.42. The average molecular weight is 282 g/mol. The molecule has 2 aliphatic heterocycles. The van der Waals surface area contributed by atoms with Gasteiger partial charge in [0.05, 0.1) is 6.04 Å². The van der Waals surface area contributed by atoms with Crippen LogP contribution >= 0.6 is 11.8 Å². The van der Waals surface area contributed by atoms with Crippen LogP contribution in [0.5, 0.6) is 0 Å². The molecule has 0 radical (unpaired) electrons. The van der Waals surface area contributed by atoms with Crippen molar-refractivity contribution < 1.29 is 4.79 Å². The molecule has 1 unspecified atom stereocenters. The maximum atomic E-state index is 12.6. The fourth-order valence-corrected chi connectivity index (χ4v) is 4.48. The third-order valence-electron chi connectivity index (χ3n) is 4.84. The Labute approximate surface area is 121 Å². The second kappa shape index (κ2) is 6.49. The molecule has 0 aromatic carbocycles. The molecule has 0 N–H and O–H groups in total. The molecule has 19 heavy (non-hydrogen) atoms. The van der Waals surface area contributed by atoms with Gasteiger partial charge < -0.3 is 9.80 Å². The van der Waals surface area contributed by atoms with E-state index in [1.165, 1.54) is 44.5 Å². The molecule has 1 atom stereocenters. The third-order valence-corrected chi connectivity index (χ3v) is 6.04. The second-order valence-corrected chi connectivity index (χ2v) is 7.40. The number of carbonyl (C=O) groups is 1. The molecule has 0 bridgehead atoms. The van der Waals surface area contributed by atoms with E-state index in [9.17, 15) is 4.79 Å². The molecule has 1 amide bonds. The minimum atomic E-state index is 0.365. The van der Waals surface area contributed by atoms with E-state index in [-0.39, 0.29) is 0 Å². The van der Waals surface area contributed by atoms with E-state index in [0.717, 1.165) is 31.7 Å². The predicted molar refractivity (Wildman–Crippen MR) is 80.5 cm³/mol. The van der Waals surface area contributed by atoms with Gasteiger partial charge in [-0.3, -0.25) is 4.79 Å². The van der Waals surface area contributed by atoms with Crippen molar-refractivity contribution in [1.82, 2.24) is 9.80 Å². The summed E-state index contributed by atoms with van der Waals surface area (Å²) >= 11 is 2.05. The maximum Gasteiger partial charge on any atom is 0.226 e. The van der Waals surface area contributed by atoms with Gasteiger partial charge in [0.1, 0.15) is 0 Å². The molecule has 4 heteroatoms. The SMILES string of the molecule is O=C(C1CCC1)N1CCCSCC1CN1CCCC1. The smallest absolute Gasteiger partial charge is 0.226 e. The van der Waals surface area contributed by atoms with Crippen LogP contribution in [0.25, 0.3) is 0 Å². The number of nitrogens with zero attached hydrogens (tertiary/aromatic N) is 2. The van der Waals surface area contributed by atoms with Crippen molar-refractivity contribution in [2.75, 3.05) is 37.7 Å². The van der Waals surface area contributed by atoms with Gasteiger partial charge in [-0.2, -0.15) is 11.8 Å². The first-order valence-electron chi connectivity index (χ1n) is 7.95. The van der Waals surface area contributed by atoms with E-state index in [1.807, 2.05) is 11.8 Å². The quantitative estimate of drug-likeness (QED) is 0.793. The lowest BCUT2D eigenvalue weighted by molar-refractivity contribution is -0.140. The molecular formula is C15H26N2OS. The van der Waals surface area contributed by atoms with Crippen LogP contribution < -0.4 is 0 Å². The monoisotopic (exact) mass is 282 g/mol. The molecular weight excluding hydrogens is 256 g/mol. The van der Waals surface area contributed by atoms with Crippen molar-refractivity contribution in [3.63, 3.8) is 0 Å². The molecule has 0 aromatic heterocycles. The molecule has 3 aliphatic rings. The summed E-state index contributed by atoms with van der Waals surface area (Å²) in [4.78, 5) is 17.4. The Hall–Kier alpha value is -0.220. The highest BCUT2D eigenvalue weighted by Gasteiger charge is 2.34. The van der Waals surface area contributed by atoms with Crippen molar-refractivity contribution >= 4 is 17.7 Å². The molecule has 1 saturated carbocycles. The molecule has 2 heterocycles. The second-order valence-electron chi connectivity index (χ2n) is 6.25. The Kier molecular flexibility index (Phi) is 4.69. The Morgan fingerprint density at radius 1 is 1.05 bits per heavy atom. The van der Waals surface area contributed by atoms with Crippen LogP contribution in [0.4, 0.5) is 0 Å². The topological polar surface area (TPSA) is 23.6 Å². The van der Waals surface area contributed by atoms with Crippen molar-refractivity contribution in [3.05, 3.63) is 0 Å². The summed E-state index contributed by atoms with van der Waals surface area (Å²) in [5.74, 6) is 3.21. The molecule has 3 fully saturated rings. The summed E-state index contributed by atoms with van der Waals surface area (Å²) in [6.07, 6.45) is 7.40. The number of hydrogen-bond acceptors (Lipinski definition) is 3. The van der Waals surface area contributed by atoms with Crippen LogP contribution in [0, 0.1) is 5.92 Å². The molecule has 2 saturated heterocycles. The van der Waals surface area contributed by atoms with E-state index in [0.29, 0.717) is 17.9 Å². The van der Waals surface area contributed by atoms with Gasteiger partial charge in [0.2, 0.25) is 5.91 Å². The Bertz CT molecular complexity index is 313. The minimum absolute atomic E-state index is 0.365. The summed E-state index contributed by atoms with van der Waals surface area (Å²) in [6, 6.07) is 0.471. The van der Waals surface area contributed by atoms with E-state index in [2.05, 4.69) is 9.80 Å². The number of carbonyl (C=O) groups excluding carboxylic acids is 1. The average Bonchev–Trinajstić information content (AvgIpc) is 2.72. The first-order chi connectivity index (χ1) is 9.34. The lowest BCUT2D eigenvalue weighted by Gasteiger charge is -2.37. The van der Waals surface area contributed by atoms with Crippen molar-refractivity contribution in [3.8, 4) is 0 Å². The van der Waals surface area contributed by atoms with Gasteiger partial charge in [-0.15, -0.1) is 0 Å². The Morgan fingerprint density at radius 3 is 2.53 bits per heavy atom. The predicted octanol–water partition coefficient (Wildman–Crippen LogP) is 2.22. The van der Waals surface area contributed by atoms with Crippen molar-refractivity contribution in [2.24, 2.45) is 5.92 Å². The Morgan fingerprint density at radius 2 is 1.84 bits per heavy atom.